The van der Waals surface area contributed by atoms with Crippen LogP contribution in [-0.4, -0.2) is 40.9 Å². The zero-order chi connectivity index (χ0) is 11.5. The highest BCUT2D eigenvalue weighted by Gasteiger charge is 2.34. The summed E-state index contributed by atoms with van der Waals surface area (Å²) in [5.74, 6) is 4.72. The lowest BCUT2D eigenvalue weighted by atomic mass is 10.1. The van der Waals surface area contributed by atoms with Crippen LogP contribution >= 0.6 is 0 Å². The largest absolute Gasteiger partial charge is 0.315 e. The highest BCUT2D eigenvalue weighted by Crippen LogP contribution is 2.17. The van der Waals surface area contributed by atoms with E-state index in [9.17, 15) is 9.59 Å². The average molecular weight is 225 g/mol. The summed E-state index contributed by atoms with van der Waals surface area (Å²) >= 11 is 0. The SMILES string of the molecule is NNC(=O)CCN1C=CN2NCCC2C1=O. The molecule has 0 saturated carbocycles. The van der Waals surface area contributed by atoms with Gasteiger partial charge in [-0.2, -0.15) is 0 Å². The van der Waals surface area contributed by atoms with E-state index in [-0.39, 0.29) is 24.3 Å². The third-order valence-corrected chi connectivity index (χ3v) is 2.76. The van der Waals surface area contributed by atoms with Gasteiger partial charge in [0.1, 0.15) is 6.04 Å². The van der Waals surface area contributed by atoms with Crippen LogP contribution in [0.25, 0.3) is 0 Å². The van der Waals surface area contributed by atoms with Crippen LogP contribution in [0, 0.1) is 0 Å². The number of amides is 2. The van der Waals surface area contributed by atoms with E-state index in [0.717, 1.165) is 13.0 Å². The number of fused-ring (bicyclic) bond motifs is 1. The number of rotatable bonds is 3. The van der Waals surface area contributed by atoms with E-state index >= 15 is 0 Å². The standard InChI is InChI=1S/C9H15N5O2/c10-12-8(15)2-4-13-5-6-14-7(9(13)16)1-3-11-14/h5-7,11H,1-4,10H2,(H,12,15). The Morgan fingerprint density at radius 1 is 1.62 bits per heavy atom. The van der Waals surface area contributed by atoms with Gasteiger partial charge in [-0.05, 0) is 6.42 Å². The lowest BCUT2D eigenvalue weighted by Crippen LogP contribution is -2.48. The van der Waals surface area contributed by atoms with Gasteiger partial charge in [0.25, 0.3) is 5.91 Å². The van der Waals surface area contributed by atoms with E-state index in [1.165, 1.54) is 0 Å². The van der Waals surface area contributed by atoms with Gasteiger partial charge in [-0.3, -0.25) is 15.0 Å². The van der Waals surface area contributed by atoms with Crippen LogP contribution in [-0.2, 0) is 9.59 Å². The Bertz CT molecular complexity index is 330. The smallest absolute Gasteiger partial charge is 0.250 e. The fourth-order valence-electron chi connectivity index (χ4n) is 1.87. The van der Waals surface area contributed by atoms with Gasteiger partial charge in [0.2, 0.25) is 5.91 Å². The maximum Gasteiger partial charge on any atom is 0.250 e. The Kier molecular flexibility index (Phi) is 3.07. The van der Waals surface area contributed by atoms with Crippen molar-refractivity contribution in [2.45, 2.75) is 18.9 Å². The Labute approximate surface area is 93.2 Å². The number of carbonyl (C=O) groups excluding carboxylic acids is 2. The van der Waals surface area contributed by atoms with Crippen LogP contribution in [0.1, 0.15) is 12.8 Å². The summed E-state index contributed by atoms with van der Waals surface area (Å²) in [4.78, 5) is 24.5. The number of hydrogen-bond acceptors (Lipinski definition) is 5. The molecule has 0 aliphatic carbocycles. The highest BCUT2D eigenvalue weighted by molar-refractivity contribution is 5.84. The Hall–Kier alpha value is -1.60. The first-order valence-electron chi connectivity index (χ1n) is 5.22. The Morgan fingerprint density at radius 2 is 2.44 bits per heavy atom. The second-order valence-corrected chi connectivity index (χ2v) is 3.77. The molecule has 2 heterocycles. The predicted octanol–water partition coefficient (Wildman–Crippen LogP) is -1.74. The maximum atomic E-state index is 11.9. The molecule has 7 nitrogen and oxygen atoms in total. The van der Waals surface area contributed by atoms with E-state index in [2.05, 4.69) is 5.43 Å². The average Bonchev–Trinajstić information content (AvgIpc) is 2.76. The number of hydrazine groups is 2. The monoisotopic (exact) mass is 225 g/mol. The number of carbonyl (C=O) groups is 2. The van der Waals surface area contributed by atoms with Crippen molar-refractivity contribution in [2.24, 2.45) is 5.84 Å². The first kappa shape index (κ1) is 10.9. The maximum absolute atomic E-state index is 11.9. The van der Waals surface area contributed by atoms with E-state index in [0.29, 0.717) is 6.54 Å². The molecular weight excluding hydrogens is 210 g/mol. The highest BCUT2D eigenvalue weighted by atomic mass is 16.2. The minimum absolute atomic E-state index is 0.0253. The summed E-state index contributed by atoms with van der Waals surface area (Å²) in [7, 11) is 0. The minimum Gasteiger partial charge on any atom is -0.315 e. The van der Waals surface area contributed by atoms with E-state index < -0.39 is 0 Å². The number of nitrogens with two attached hydrogens (primary N) is 1. The molecule has 1 fully saturated rings. The zero-order valence-electron chi connectivity index (χ0n) is 8.85. The third kappa shape index (κ3) is 2.00. The van der Waals surface area contributed by atoms with Crippen molar-refractivity contribution in [1.82, 2.24) is 20.8 Å². The molecule has 1 atom stereocenters. The molecular formula is C9H15N5O2. The van der Waals surface area contributed by atoms with Crippen LogP contribution < -0.4 is 16.7 Å². The van der Waals surface area contributed by atoms with Crippen LogP contribution in [0.4, 0.5) is 0 Å². The Morgan fingerprint density at radius 3 is 3.19 bits per heavy atom. The van der Waals surface area contributed by atoms with Gasteiger partial charge >= 0.3 is 0 Å². The fourth-order valence-corrected chi connectivity index (χ4v) is 1.87. The molecule has 2 rings (SSSR count). The number of hydrogen-bond donors (Lipinski definition) is 3. The van der Waals surface area contributed by atoms with Gasteiger partial charge in [-0.15, -0.1) is 0 Å². The molecule has 16 heavy (non-hydrogen) atoms. The van der Waals surface area contributed by atoms with Gasteiger partial charge in [0, 0.05) is 31.9 Å². The van der Waals surface area contributed by atoms with Crippen LogP contribution in [0.15, 0.2) is 12.4 Å². The summed E-state index contributed by atoms with van der Waals surface area (Å²) in [5.41, 5.74) is 5.13. The number of nitrogens with one attached hydrogen (secondary N) is 2. The van der Waals surface area contributed by atoms with E-state index in [1.54, 1.807) is 11.1 Å². The molecule has 4 N–H and O–H groups in total. The molecule has 0 spiro atoms. The van der Waals surface area contributed by atoms with Crippen LogP contribution in [0.2, 0.25) is 0 Å². The second-order valence-electron chi connectivity index (χ2n) is 3.77. The van der Waals surface area contributed by atoms with Crippen molar-refractivity contribution in [1.29, 1.82) is 0 Å². The molecule has 2 aliphatic rings. The molecule has 1 unspecified atom stereocenters. The lowest BCUT2D eigenvalue weighted by molar-refractivity contribution is -0.134. The van der Waals surface area contributed by atoms with Crippen LogP contribution in [0.3, 0.4) is 0 Å². The van der Waals surface area contributed by atoms with E-state index in [1.807, 2.05) is 16.6 Å². The molecule has 88 valence electrons. The quantitative estimate of drug-likeness (QED) is 0.301. The van der Waals surface area contributed by atoms with Gasteiger partial charge in [0.15, 0.2) is 0 Å². The molecule has 0 aromatic carbocycles. The van der Waals surface area contributed by atoms with Crippen molar-refractivity contribution in [3.63, 3.8) is 0 Å². The fraction of sp³-hybridized carbons (Fsp3) is 0.556. The third-order valence-electron chi connectivity index (χ3n) is 2.76. The first-order valence-corrected chi connectivity index (χ1v) is 5.22. The summed E-state index contributed by atoms with van der Waals surface area (Å²) in [6, 6.07) is -0.133. The van der Waals surface area contributed by atoms with Gasteiger partial charge in [0.05, 0.1) is 0 Å². The molecule has 2 aliphatic heterocycles. The molecule has 7 heteroatoms. The molecule has 2 amide bonds. The van der Waals surface area contributed by atoms with Crippen LogP contribution in [0.5, 0.6) is 0 Å². The van der Waals surface area contributed by atoms with Crippen molar-refractivity contribution in [2.75, 3.05) is 13.1 Å². The molecule has 0 aromatic rings. The van der Waals surface area contributed by atoms with Crippen molar-refractivity contribution in [3.05, 3.63) is 12.4 Å². The zero-order valence-corrected chi connectivity index (χ0v) is 8.85. The van der Waals surface area contributed by atoms with Gasteiger partial charge in [-0.1, -0.05) is 0 Å². The lowest BCUT2D eigenvalue weighted by Gasteiger charge is -2.31. The molecule has 0 radical (unpaired) electrons. The van der Waals surface area contributed by atoms with Crippen molar-refractivity contribution < 1.29 is 9.59 Å². The van der Waals surface area contributed by atoms with Crippen molar-refractivity contribution >= 4 is 11.8 Å². The topological polar surface area (TPSA) is 90.7 Å². The minimum atomic E-state index is -0.270. The predicted molar refractivity (Wildman–Crippen MR) is 56.0 cm³/mol. The summed E-state index contributed by atoms with van der Waals surface area (Å²) in [6.45, 7) is 1.17. The second kappa shape index (κ2) is 4.50. The van der Waals surface area contributed by atoms with Crippen molar-refractivity contribution in [3.8, 4) is 0 Å². The Balaban J connectivity index is 1.94. The molecule has 0 aromatic heterocycles. The normalized spacial score (nSPS) is 23.6. The molecule has 0 bridgehead atoms. The first-order chi connectivity index (χ1) is 7.72. The van der Waals surface area contributed by atoms with Gasteiger partial charge < -0.3 is 9.91 Å². The summed E-state index contributed by atoms with van der Waals surface area (Å²) in [6.07, 6.45) is 4.51. The molecule has 1 saturated heterocycles. The summed E-state index contributed by atoms with van der Waals surface area (Å²) < 4.78 is 0. The number of nitrogens with zero attached hydrogens (tertiary/aromatic N) is 2. The van der Waals surface area contributed by atoms with Gasteiger partial charge in [-0.25, -0.2) is 11.3 Å². The van der Waals surface area contributed by atoms with E-state index in [4.69, 9.17) is 5.84 Å². The summed E-state index contributed by atoms with van der Waals surface area (Å²) in [5, 5.41) is 1.81.